The van der Waals surface area contributed by atoms with Crippen LogP contribution in [0.15, 0.2) is 10.6 Å². The number of hydrogen-bond donors (Lipinski definition) is 2. The fourth-order valence-electron chi connectivity index (χ4n) is 0.434. The summed E-state index contributed by atoms with van der Waals surface area (Å²) in [5.41, 5.74) is 2.34. The average molecular weight is 143 g/mol. The largest absolute Gasteiger partial charge is 0.360 e. The first-order chi connectivity index (χ1) is 4.83. The minimum absolute atomic E-state index is 0.558. The highest BCUT2D eigenvalue weighted by Crippen LogP contribution is 2.03. The van der Waals surface area contributed by atoms with Crippen LogP contribution in [0.2, 0.25) is 0 Å². The second kappa shape index (κ2) is 4.81. The highest BCUT2D eigenvalue weighted by atomic mass is 16.5. The first-order valence-electron chi connectivity index (χ1n) is 3.23. The Morgan fingerprint density at radius 1 is 1.60 bits per heavy atom. The van der Waals surface area contributed by atoms with Crippen LogP contribution in [0.4, 0.5) is 5.82 Å². The first kappa shape index (κ1) is 8.97. The molecule has 0 aliphatic carbocycles. The molecular weight excluding hydrogens is 130 g/mol. The van der Waals surface area contributed by atoms with Crippen LogP contribution in [0.3, 0.4) is 0 Å². The van der Waals surface area contributed by atoms with E-state index < -0.39 is 0 Å². The number of nitrogens with one attached hydrogen (secondary N) is 1. The molecule has 10 heavy (non-hydrogen) atoms. The first-order valence-corrected chi connectivity index (χ1v) is 3.23. The number of rotatable bonds is 1. The van der Waals surface area contributed by atoms with E-state index >= 15 is 0 Å². The van der Waals surface area contributed by atoms with Gasteiger partial charge in [0.15, 0.2) is 5.82 Å². The normalized spacial score (nSPS) is 8.00. The van der Waals surface area contributed by atoms with Crippen LogP contribution < -0.4 is 11.3 Å². The Bertz CT molecular complexity index is 173. The van der Waals surface area contributed by atoms with Gasteiger partial charge >= 0.3 is 0 Å². The van der Waals surface area contributed by atoms with Crippen molar-refractivity contribution in [2.45, 2.75) is 20.8 Å². The van der Waals surface area contributed by atoms with Gasteiger partial charge in [0, 0.05) is 6.07 Å². The van der Waals surface area contributed by atoms with Crippen molar-refractivity contribution in [1.29, 1.82) is 0 Å². The summed E-state index contributed by atoms with van der Waals surface area (Å²) >= 11 is 0. The van der Waals surface area contributed by atoms with Crippen molar-refractivity contribution in [2.24, 2.45) is 5.84 Å². The van der Waals surface area contributed by atoms with E-state index in [2.05, 4.69) is 15.1 Å². The van der Waals surface area contributed by atoms with Gasteiger partial charge in [-0.2, -0.15) is 0 Å². The fourth-order valence-corrected chi connectivity index (χ4v) is 0.434. The van der Waals surface area contributed by atoms with Gasteiger partial charge in [0.2, 0.25) is 0 Å². The zero-order chi connectivity index (χ0) is 7.98. The van der Waals surface area contributed by atoms with E-state index in [1.54, 1.807) is 13.0 Å². The van der Waals surface area contributed by atoms with Gasteiger partial charge in [0.25, 0.3) is 0 Å². The van der Waals surface area contributed by atoms with Crippen LogP contribution >= 0.6 is 0 Å². The zero-order valence-corrected chi connectivity index (χ0v) is 6.51. The molecule has 0 saturated heterocycles. The molecular formula is C6H13N3O. The topological polar surface area (TPSA) is 64.1 Å². The maximum atomic E-state index is 4.99. The Hall–Kier alpha value is -1.03. The molecule has 0 saturated carbocycles. The van der Waals surface area contributed by atoms with E-state index in [4.69, 9.17) is 5.84 Å². The molecule has 0 amide bonds. The molecule has 0 atom stereocenters. The predicted octanol–water partition coefficient (Wildman–Crippen LogP) is 1.29. The molecule has 4 nitrogen and oxygen atoms in total. The summed E-state index contributed by atoms with van der Waals surface area (Å²) in [6, 6.07) is 1.71. The van der Waals surface area contributed by atoms with E-state index in [0.29, 0.717) is 5.82 Å². The molecule has 58 valence electrons. The van der Waals surface area contributed by atoms with E-state index in [1.807, 2.05) is 13.8 Å². The Kier molecular flexibility index (Phi) is 4.32. The van der Waals surface area contributed by atoms with Crippen molar-refractivity contribution in [3.8, 4) is 0 Å². The lowest BCUT2D eigenvalue weighted by molar-refractivity contribution is 0.400. The quantitative estimate of drug-likeness (QED) is 0.459. The van der Waals surface area contributed by atoms with Gasteiger partial charge < -0.3 is 9.95 Å². The van der Waals surface area contributed by atoms with Crippen molar-refractivity contribution < 1.29 is 4.52 Å². The molecule has 0 aliphatic rings. The van der Waals surface area contributed by atoms with E-state index in [0.717, 1.165) is 5.76 Å². The third kappa shape index (κ3) is 2.50. The van der Waals surface area contributed by atoms with Crippen molar-refractivity contribution in [3.63, 3.8) is 0 Å². The molecule has 1 rings (SSSR count). The van der Waals surface area contributed by atoms with Gasteiger partial charge in [-0.3, -0.25) is 0 Å². The van der Waals surface area contributed by atoms with Gasteiger partial charge in [-0.25, -0.2) is 5.84 Å². The van der Waals surface area contributed by atoms with Crippen molar-refractivity contribution in [3.05, 3.63) is 11.8 Å². The molecule has 0 fully saturated rings. The van der Waals surface area contributed by atoms with Crippen LogP contribution in [0.25, 0.3) is 0 Å². The molecule has 4 heteroatoms. The average Bonchev–Trinajstić information content (AvgIpc) is 2.40. The van der Waals surface area contributed by atoms with Crippen LogP contribution in [-0.4, -0.2) is 5.16 Å². The third-order valence-corrected chi connectivity index (χ3v) is 0.776. The van der Waals surface area contributed by atoms with Gasteiger partial charge in [0.05, 0.1) is 0 Å². The third-order valence-electron chi connectivity index (χ3n) is 0.776. The number of hydrazine groups is 1. The standard InChI is InChI=1S/C4H7N3O.C2H6/c1-3-2-4(6-5)7-8-3;1-2/h2H,5H2,1H3,(H,6,7);1-2H3. The SMILES string of the molecule is CC.Cc1cc(NN)no1. The lowest BCUT2D eigenvalue weighted by Crippen LogP contribution is -2.06. The number of aromatic nitrogens is 1. The van der Waals surface area contributed by atoms with Gasteiger partial charge in [0.1, 0.15) is 5.76 Å². The summed E-state index contributed by atoms with van der Waals surface area (Å²) in [6.07, 6.45) is 0. The number of aryl methyl sites for hydroxylation is 1. The number of nitrogens with zero attached hydrogens (tertiary/aromatic N) is 1. The molecule has 1 heterocycles. The van der Waals surface area contributed by atoms with E-state index in [9.17, 15) is 0 Å². The molecule has 0 aliphatic heterocycles. The van der Waals surface area contributed by atoms with Gasteiger partial charge in [-0.05, 0) is 6.92 Å². The van der Waals surface area contributed by atoms with Crippen molar-refractivity contribution >= 4 is 5.82 Å². The van der Waals surface area contributed by atoms with E-state index in [-0.39, 0.29) is 0 Å². The zero-order valence-electron chi connectivity index (χ0n) is 6.51. The number of anilines is 1. The Morgan fingerprint density at radius 2 is 2.20 bits per heavy atom. The molecule has 0 unspecified atom stereocenters. The number of nitrogens with two attached hydrogens (primary N) is 1. The van der Waals surface area contributed by atoms with Crippen LogP contribution in [0.1, 0.15) is 19.6 Å². The Labute approximate surface area is 60.4 Å². The van der Waals surface area contributed by atoms with Crippen molar-refractivity contribution in [2.75, 3.05) is 5.43 Å². The molecule has 3 N–H and O–H groups in total. The number of nitrogen functional groups attached to an aromatic ring is 1. The molecule has 0 bridgehead atoms. The van der Waals surface area contributed by atoms with Crippen LogP contribution in [0.5, 0.6) is 0 Å². The summed E-state index contributed by atoms with van der Waals surface area (Å²) in [5, 5.41) is 3.52. The van der Waals surface area contributed by atoms with Gasteiger partial charge in [-0.15, -0.1) is 0 Å². The monoisotopic (exact) mass is 143 g/mol. The second-order valence-electron chi connectivity index (χ2n) is 1.47. The minimum atomic E-state index is 0.558. The maximum absolute atomic E-state index is 4.99. The summed E-state index contributed by atoms with van der Waals surface area (Å²) in [5.74, 6) is 6.30. The van der Waals surface area contributed by atoms with Gasteiger partial charge in [-0.1, -0.05) is 19.0 Å². The molecule has 0 aromatic carbocycles. The smallest absolute Gasteiger partial charge is 0.183 e. The Balaban J connectivity index is 0.000000371. The number of hydrogen-bond acceptors (Lipinski definition) is 4. The molecule has 0 radical (unpaired) electrons. The summed E-state index contributed by atoms with van der Waals surface area (Å²) in [6.45, 7) is 5.80. The summed E-state index contributed by atoms with van der Waals surface area (Å²) in [7, 11) is 0. The van der Waals surface area contributed by atoms with Crippen molar-refractivity contribution in [1.82, 2.24) is 5.16 Å². The summed E-state index contributed by atoms with van der Waals surface area (Å²) < 4.78 is 4.66. The highest BCUT2D eigenvalue weighted by molar-refractivity contribution is 5.30. The Morgan fingerprint density at radius 3 is 2.40 bits per heavy atom. The van der Waals surface area contributed by atoms with Crippen LogP contribution in [-0.2, 0) is 0 Å². The summed E-state index contributed by atoms with van der Waals surface area (Å²) in [4.78, 5) is 0. The second-order valence-corrected chi connectivity index (χ2v) is 1.47. The lowest BCUT2D eigenvalue weighted by atomic mass is 10.5. The lowest BCUT2D eigenvalue weighted by Gasteiger charge is -1.83. The molecule has 1 aromatic rings. The van der Waals surface area contributed by atoms with E-state index in [1.165, 1.54) is 0 Å². The molecule has 1 aromatic heterocycles. The predicted molar refractivity (Wildman–Crippen MR) is 40.4 cm³/mol. The maximum Gasteiger partial charge on any atom is 0.183 e. The highest BCUT2D eigenvalue weighted by Gasteiger charge is 1.93. The van der Waals surface area contributed by atoms with Crippen LogP contribution in [0, 0.1) is 6.92 Å². The minimum Gasteiger partial charge on any atom is -0.360 e. The molecule has 0 spiro atoms. The fraction of sp³-hybridized carbons (Fsp3) is 0.500.